The van der Waals surface area contributed by atoms with Crippen molar-refractivity contribution in [2.24, 2.45) is 12.8 Å². The van der Waals surface area contributed by atoms with Gasteiger partial charge in [-0.1, -0.05) is 12.1 Å². The fourth-order valence-corrected chi connectivity index (χ4v) is 3.57. The molecule has 0 aromatic carbocycles. The summed E-state index contributed by atoms with van der Waals surface area (Å²) in [5.74, 6) is -0.625. The average molecular weight is 392 g/mol. The van der Waals surface area contributed by atoms with Crippen molar-refractivity contribution in [3.05, 3.63) is 69.9 Å². The monoisotopic (exact) mass is 392 g/mol. The molecule has 0 bridgehead atoms. The van der Waals surface area contributed by atoms with Crippen LogP contribution in [0, 0.1) is 0 Å². The van der Waals surface area contributed by atoms with Crippen LogP contribution in [0.25, 0.3) is 11.0 Å². The zero-order valence-electron chi connectivity index (χ0n) is 14.9. The van der Waals surface area contributed by atoms with Gasteiger partial charge in [-0.15, -0.1) is 11.3 Å². The van der Waals surface area contributed by atoms with Crippen molar-refractivity contribution in [3.8, 4) is 0 Å². The minimum absolute atomic E-state index is 0.149. The van der Waals surface area contributed by atoms with Crippen molar-refractivity contribution in [1.82, 2.24) is 19.5 Å². The molecule has 0 atom stereocenters. The maximum absolute atomic E-state index is 13.1. The van der Waals surface area contributed by atoms with Crippen molar-refractivity contribution < 1.29 is 9.59 Å². The van der Waals surface area contributed by atoms with Gasteiger partial charge in [0.15, 0.2) is 0 Å². The van der Waals surface area contributed by atoms with Crippen molar-refractivity contribution in [3.63, 3.8) is 0 Å². The Morgan fingerprint density at radius 3 is 2.79 bits per heavy atom. The fraction of sp³-hybridized carbons (Fsp3) is 0.105. The standard InChI is InChI=1S/C19H16N6O2S/c1-25-10-12(17(20)27)14-15(16(26)13-5-3-7-28-13)23-19(24-18(14)25)22-9-11-4-2-6-21-8-11/h2-8,10H,9H2,1H3,(H2,20,27)(H,22,23,24). The van der Waals surface area contributed by atoms with E-state index in [4.69, 9.17) is 5.73 Å². The van der Waals surface area contributed by atoms with Crippen LogP contribution in [0.1, 0.15) is 31.3 Å². The highest BCUT2D eigenvalue weighted by atomic mass is 32.1. The van der Waals surface area contributed by atoms with Crippen LogP contribution in [0.5, 0.6) is 0 Å². The summed E-state index contributed by atoms with van der Waals surface area (Å²) in [6.07, 6.45) is 4.99. The van der Waals surface area contributed by atoms with Gasteiger partial charge >= 0.3 is 0 Å². The van der Waals surface area contributed by atoms with E-state index in [0.29, 0.717) is 22.5 Å². The highest BCUT2D eigenvalue weighted by molar-refractivity contribution is 7.12. The first-order valence-corrected chi connectivity index (χ1v) is 9.30. The van der Waals surface area contributed by atoms with E-state index in [0.717, 1.165) is 5.56 Å². The Bertz CT molecular complexity index is 1170. The van der Waals surface area contributed by atoms with Crippen LogP contribution in [0.3, 0.4) is 0 Å². The number of carbonyl (C=O) groups is 2. The van der Waals surface area contributed by atoms with E-state index in [1.165, 1.54) is 11.3 Å². The summed E-state index contributed by atoms with van der Waals surface area (Å²) in [7, 11) is 1.74. The molecule has 1 amide bonds. The number of aryl methyl sites for hydroxylation is 1. The Labute approximate surface area is 164 Å². The molecule has 28 heavy (non-hydrogen) atoms. The summed E-state index contributed by atoms with van der Waals surface area (Å²) in [5.41, 5.74) is 7.28. The van der Waals surface area contributed by atoms with Gasteiger partial charge in [0.1, 0.15) is 11.3 Å². The predicted octanol–water partition coefficient (Wildman–Crippen LogP) is 2.37. The molecular weight excluding hydrogens is 376 g/mol. The van der Waals surface area contributed by atoms with Gasteiger partial charge in [-0.05, 0) is 23.1 Å². The van der Waals surface area contributed by atoms with Crippen LogP contribution in [0.15, 0.2) is 48.2 Å². The molecule has 3 N–H and O–H groups in total. The van der Waals surface area contributed by atoms with Crippen LogP contribution < -0.4 is 11.1 Å². The number of hydrogen-bond acceptors (Lipinski definition) is 7. The second-order valence-corrected chi connectivity index (χ2v) is 7.08. The van der Waals surface area contributed by atoms with Gasteiger partial charge in [0, 0.05) is 32.2 Å². The van der Waals surface area contributed by atoms with Crippen LogP contribution in [-0.2, 0) is 13.6 Å². The van der Waals surface area contributed by atoms with Crippen LogP contribution >= 0.6 is 11.3 Å². The van der Waals surface area contributed by atoms with E-state index >= 15 is 0 Å². The van der Waals surface area contributed by atoms with Gasteiger partial charge < -0.3 is 15.6 Å². The SMILES string of the molecule is Cn1cc(C(N)=O)c2c(C(=O)c3cccs3)nc(NCc3cccnc3)nc21. The molecule has 0 saturated heterocycles. The number of fused-ring (bicyclic) bond motifs is 1. The van der Waals surface area contributed by atoms with Crippen molar-refractivity contribution >= 4 is 40.0 Å². The molecule has 0 saturated carbocycles. The molecule has 0 aliphatic rings. The van der Waals surface area contributed by atoms with E-state index in [2.05, 4.69) is 20.3 Å². The van der Waals surface area contributed by atoms with Crippen LogP contribution in [-0.4, -0.2) is 31.2 Å². The molecule has 0 radical (unpaired) electrons. The molecular formula is C19H16N6O2S. The lowest BCUT2D eigenvalue weighted by molar-refractivity contribution is 0.100. The fourth-order valence-electron chi connectivity index (χ4n) is 2.91. The number of nitrogens with zero attached hydrogens (tertiary/aromatic N) is 4. The molecule has 0 aliphatic heterocycles. The third kappa shape index (κ3) is 3.23. The van der Waals surface area contributed by atoms with Gasteiger partial charge in [0.2, 0.25) is 11.7 Å². The third-order valence-electron chi connectivity index (χ3n) is 4.22. The molecule has 8 nitrogen and oxygen atoms in total. The summed E-state index contributed by atoms with van der Waals surface area (Å²) < 4.78 is 1.66. The van der Waals surface area contributed by atoms with Gasteiger partial charge in [-0.2, -0.15) is 4.98 Å². The highest BCUT2D eigenvalue weighted by Crippen LogP contribution is 2.26. The van der Waals surface area contributed by atoms with Gasteiger partial charge in [0.05, 0.1) is 15.8 Å². The first kappa shape index (κ1) is 17.8. The Balaban J connectivity index is 1.83. The van der Waals surface area contributed by atoms with E-state index in [1.807, 2.05) is 17.5 Å². The Morgan fingerprint density at radius 2 is 2.11 bits per heavy atom. The van der Waals surface area contributed by atoms with E-state index < -0.39 is 5.91 Å². The molecule has 4 rings (SSSR count). The zero-order valence-corrected chi connectivity index (χ0v) is 15.7. The Morgan fingerprint density at radius 1 is 1.25 bits per heavy atom. The van der Waals surface area contributed by atoms with Crippen molar-refractivity contribution in [1.29, 1.82) is 0 Å². The summed E-state index contributed by atoms with van der Waals surface area (Å²) >= 11 is 1.31. The smallest absolute Gasteiger partial charge is 0.251 e. The van der Waals surface area contributed by atoms with Gasteiger partial charge in [-0.25, -0.2) is 4.98 Å². The summed E-state index contributed by atoms with van der Waals surface area (Å²) in [6.45, 7) is 0.444. The topological polar surface area (TPSA) is 116 Å². The second kappa shape index (κ2) is 7.20. The molecule has 0 spiro atoms. The quantitative estimate of drug-likeness (QED) is 0.487. The first-order chi connectivity index (χ1) is 13.5. The minimum atomic E-state index is -0.634. The summed E-state index contributed by atoms with van der Waals surface area (Å²) in [5, 5.41) is 5.29. The molecule has 0 aliphatic carbocycles. The molecule has 9 heteroatoms. The maximum Gasteiger partial charge on any atom is 0.251 e. The largest absolute Gasteiger partial charge is 0.366 e. The van der Waals surface area contributed by atoms with Crippen molar-refractivity contribution in [2.75, 3.05) is 5.32 Å². The lowest BCUT2D eigenvalue weighted by atomic mass is 10.1. The lowest BCUT2D eigenvalue weighted by Crippen LogP contribution is -2.14. The third-order valence-corrected chi connectivity index (χ3v) is 5.08. The summed E-state index contributed by atoms with van der Waals surface area (Å²) in [4.78, 5) is 38.5. The number of nitrogens with one attached hydrogen (secondary N) is 1. The second-order valence-electron chi connectivity index (χ2n) is 6.13. The molecule has 0 unspecified atom stereocenters. The minimum Gasteiger partial charge on any atom is -0.366 e. The van der Waals surface area contributed by atoms with Gasteiger partial charge in [-0.3, -0.25) is 14.6 Å². The number of hydrogen-bond donors (Lipinski definition) is 2. The van der Waals surface area contributed by atoms with Gasteiger partial charge in [0.25, 0.3) is 5.91 Å². The molecule has 140 valence electrons. The normalized spacial score (nSPS) is 10.9. The number of pyridine rings is 1. The zero-order chi connectivity index (χ0) is 19.7. The number of carbonyl (C=O) groups excluding carboxylic acids is 2. The number of primary amides is 1. The number of ketones is 1. The number of amides is 1. The Hall–Kier alpha value is -3.59. The predicted molar refractivity (Wildman–Crippen MR) is 106 cm³/mol. The number of anilines is 1. The average Bonchev–Trinajstić information content (AvgIpc) is 3.35. The summed E-state index contributed by atoms with van der Waals surface area (Å²) in [6, 6.07) is 7.27. The van der Waals surface area contributed by atoms with Crippen molar-refractivity contribution in [2.45, 2.75) is 6.54 Å². The number of aromatic nitrogens is 4. The maximum atomic E-state index is 13.1. The molecule has 4 aromatic rings. The highest BCUT2D eigenvalue weighted by Gasteiger charge is 2.24. The number of nitrogens with two attached hydrogens (primary N) is 1. The Kier molecular flexibility index (Phi) is 4.58. The van der Waals surface area contributed by atoms with Crippen LogP contribution in [0.2, 0.25) is 0 Å². The number of rotatable bonds is 6. The van der Waals surface area contributed by atoms with E-state index in [1.54, 1.807) is 42.3 Å². The van der Waals surface area contributed by atoms with E-state index in [-0.39, 0.29) is 23.0 Å². The first-order valence-electron chi connectivity index (χ1n) is 8.42. The molecule has 4 heterocycles. The lowest BCUT2D eigenvalue weighted by Gasteiger charge is -2.09. The number of thiophene rings is 1. The van der Waals surface area contributed by atoms with Crippen LogP contribution in [0.4, 0.5) is 5.95 Å². The molecule has 4 aromatic heterocycles. The molecule has 0 fully saturated rings. The van der Waals surface area contributed by atoms with E-state index in [9.17, 15) is 9.59 Å².